The van der Waals surface area contributed by atoms with Gasteiger partial charge in [0, 0.05) is 0 Å². The Labute approximate surface area is 114 Å². The minimum Gasteiger partial charge on any atom is -0.504 e. The van der Waals surface area contributed by atoms with Crippen molar-refractivity contribution < 1.29 is 24.5 Å². The molecule has 0 aliphatic heterocycles. The lowest BCUT2D eigenvalue weighted by Gasteiger charge is -2.04. The van der Waals surface area contributed by atoms with E-state index in [0.717, 1.165) is 12.1 Å². The van der Waals surface area contributed by atoms with E-state index < -0.39 is 28.8 Å². The predicted molar refractivity (Wildman–Crippen MR) is 71.2 cm³/mol. The minimum atomic E-state index is -0.755. The van der Waals surface area contributed by atoms with E-state index in [9.17, 15) is 19.4 Å². The van der Waals surface area contributed by atoms with Crippen molar-refractivity contribution in [1.29, 1.82) is 0 Å². The molecule has 4 nitrogen and oxygen atoms in total. The van der Waals surface area contributed by atoms with E-state index in [0.29, 0.717) is 5.56 Å². The van der Waals surface area contributed by atoms with Crippen molar-refractivity contribution in [3.05, 3.63) is 59.4 Å². The van der Waals surface area contributed by atoms with Gasteiger partial charge in [-0.3, -0.25) is 4.79 Å². The zero-order valence-corrected chi connectivity index (χ0v) is 10.2. The molecular formula is C15H11FO4. The van der Waals surface area contributed by atoms with E-state index in [-0.39, 0.29) is 5.56 Å². The first-order valence-electron chi connectivity index (χ1n) is 5.71. The van der Waals surface area contributed by atoms with Gasteiger partial charge in [0.15, 0.2) is 17.3 Å². The van der Waals surface area contributed by atoms with Crippen LogP contribution in [-0.4, -0.2) is 21.1 Å². The lowest BCUT2D eigenvalue weighted by molar-refractivity contribution is 0.104. The SMILES string of the molecule is O=C(/C=C/c1cccc(F)c1)c1ccc(O)c(O)c1O. The van der Waals surface area contributed by atoms with Crippen LogP contribution >= 0.6 is 0 Å². The second-order valence-electron chi connectivity index (χ2n) is 4.08. The maximum Gasteiger partial charge on any atom is 0.201 e. The third-order valence-electron chi connectivity index (χ3n) is 2.67. The molecule has 0 fully saturated rings. The van der Waals surface area contributed by atoms with Crippen molar-refractivity contribution in [3.8, 4) is 17.2 Å². The number of carbonyl (C=O) groups is 1. The number of allylic oxidation sites excluding steroid dienone is 1. The number of hydrogen-bond donors (Lipinski definition) is 3. The zero-order chi connectivity index (χ0) is 14.7. The topological polar surface area (TPSA) is 77.8 Å². The van der Waals surface area contributed by atoms with Gasteiger partial charge in [0.1, 0.15) is 5.82 Å². The Morgan fingerprint density at radius 1 is 1.05 bits per heavy atom. The number of halogens is 1. The van der Waals surface area contributed by atoms with Crippen LogP contribution in [0.15, 0.2) is 42.5 Å². The van der Waals surface area contributed by atoms with Crippen molar-refractivity contribution >= 4 is 11.9 Å². The Balaban J connectivity index is 2.27. The molecule has 3 N–H and O–H groups in total. The van der Waals surface area contributed by atoms with Gasteiger partial charge >= 0.3 is 0 Å². The summed E-state index contributed by atoms with van der Waals surface area (Å²) in [4.78, 5) is 11.9. The molecule has 2 aromatic rings. The van der Waals surface area contributed by atoms with E-state index in [2.05, 4.69) is 0 Å². The van der Waals surface area contributed by atoms with E-state index in [4.69, 9.17) is 5.11 Å². The standard InChI is InChI=1S/C15H11FO4/c16-10-3-1-2-9(8-10)4-6-12(17)11-5-7-13(18)15(20)14(11)19/h1-8,18-20H/b6-4+. The number of aromatic hydroxyl groups is 3. The quantitative estimate of drug-likeness (QED) is 0.457. The zero-order valence-electron chi connectivity index (χ0n) is 10.2. The predicted octanol–water partition coefficient (Wildman–Crippen LogP) is 2.84. The largest absolute Gasteiger partial charge is 0.504 e. The van der Waals surface area contributed by atoms with Gasteiger partial charge in [-0.15, -0.1) is 0 Å². The van der Waals surface area contributed by atoms with Crippen LogP contribution in [0.25, 0.3) is 6.08 Å². The van der Waals surface area contributed by atoms with Gasteiger partial charge < -0.3 is 15.3 Å². The smallest absolute Gasteiger partial charge is 0.201 e. The summed E-state index contributed by atoms with van der Waals surface area (Å²) in [5, 5.41) is 28.1. The van der Waals surface area contributed by atoms with E-state index in [1.807, 2.05) is 0 Å². The first-order valence-corrected chi connectivity index (χ1v) is 5.71. The highest BCUT2D eigenvalue weighted by atomic mass is 19.1. The number of rotatable bonds is 3. The molecule has 20 heavy (non-hydrogen) atoms. The summed E-state index contributed by atoms with van der Waals surface area (Å²) < 4.78 is 13.0. The first kappa shape index (κ1) is 13.6. The highest BCUT2D eigenvalue weighted by Gasteiger charge is 2.15. The van der Waals surface area contributed by atoms with Crippen LogP contribution in [0.2, 0.25) is 0 Å². The van der Waals surface area contributed by atoms with Gasteiger partial charge in [-0.05, 0) is 35.9 Å². The Bertz CT molecular complexity index is 692. The molecule has 0 spiro atoms. The van der Waals surface area contributed by atoms with Crippen molar-refractivity contribution in [2.24, 2.45) is 0 Å². The number of phenols is 3. The second kappa shape index (κ2) is 5.44. The Morgan fingerprint density at radius 2 is 1.80 bits per heavy atom. The van der Waals surface area contributed by atoms with Crippen LogP contribution in [0.5, 0.6) is 17.2 Å². The third kappa shape index (κ3) is 2.77. The molecule has 0 saturated carbocycles. The van der Waals surface area contributed by atoms with E-state index in [1.54, 1.807) is 6.07 Å². The summed E-state index contributed by atoms with van der Waals surface area (Å²) in [6, 6.07) is 7.92. The maximum absolute atomic E-state index is 13.0. The van der Waals surface area contributed by atoms with Crippen molar-refractivity contribution in [2.45, 2.75) is 0 Å². The number of ketones is 1. The van der Waals surface area contributed by atoms with Crippen molar-refractivity contribution in [2.75, 3.05) is 0 Å². The monoisotopic (exact) mass is 274 g/mol. The summed E-state index contributed by atoms with van der Waals surface area (Å²) in [7, 11) is 0. The molecule has 0 aliphatic rings. The molecule has 2 rings (SSSR count). The van der Waals surface area contributed by atoms with Crippen molar-refractivity contribution in [3.63, 3.8) is 0 Å². The average molecular weight is 274 g/mol. The molecule has 0 saturated heterocycles. The third-order valence-corrected chi connectivity index (χ3v) is 2.67. The molecule has 0 heterocycles. The molecule has 0 aromatic heterocycles. The lowest BCUT2D eigenvalue weighted by Crippen LogP contribution is -1.95. The number of hydrogen-bond acceptors (Lipinski definition) is 4. The maximum atomic E-state index is 13.0. The van der Waals surface area contributed by atoms with Crippen LogP contribution in [0.1, 0.15) is 15.9 Å². The number of carbonyl (C=O) groups excluding carboxylic acids is 1. The molecule has 0 aliphatic carbocycles. The summed E-state index contributed by atoms with van der Waals surface area (Å²) in [6.07, 6.45) is 2.52. The number of phenolic OH excluding ortho intramolecular Hbond substituents is 3. The van der Waals surface area contributed by atoms with Crippen LogP contribution < -0.4 is 0 Å². The molecule has 5 heteroatoms. The fourth-order valence-corrected chi connectivity index (χ4v) is 1.64. The van der Waals surface area contributed by atoms with Gasteiger partial charge in [-0.2, -0.15) is 0 Å². The Morgan fingerprint density at radius 3 is 2.50 bits per heavy atom. The average Bonchev–Trinajstić information content (AvgIpc) is 2.42. The molecule has 0 unspecified atom stereocenters. The van der Waals surface area contributed by atoms with Crippen LogP contribution in [0.3, 0.4) is 0 Å². The summed E-state index contributed by atoms with van der Waals surface area (Å²) in [6.45, 7) is 0. The van der Waals surface area contributed by atoms with E-state index in [1.165, 1.54) is 30.3 Å². The number of benzene rings is 2. The van der Waals surface area contributed by atoms with Crippen LogP contribution in [-0.2, 0) is 0 Å². The lowest BCUT2D eigenvalue weighted by atomic mass is 10.1. The Kier molecular flexibility index (Phi) is 3.70. The van der Waals surface area contributed by atoms with Gasteiger partial charge in [-0.25, -0.2) is 4.39 Å². The normalized spacial score (nSPS) is 10.8. The van der Waals surface area contributed by atoms with Gasteiger partial charge in [0.2, 0.25) is 5.75 Å². The summed E-state index contributed by atoms with van der Waals surface area (Å²) in [5.74, 6) is -2.98. The highest BCUT2D eigenvalue weighted by Crippen LogP contribution is 2.37. The molecular weight excluding hydrogens is 263 g/mol. The summed E-state index contributed by atoms with van der Waals surface area (Å²) >= 11 is 0. The van der Waals surface area contributed by atoms with Gasteiger partial charge in [0.05, 0.1) is 5.56 Å². The molecule has 0 atom stereocenters. The molecule has 0 amide bonds. The minimum absolute atomic E-state index is 0.159. The van der Waals surface area contributed by atoms with Gasteiger partial charge in [-0.1, -0.05) is 18.2 Å². The highest BCUT2D eigenvalue weighted by molar-refractivity contribution is 6.09. The fraction of sp³-hybridized carbons (Fsp3) is 0. The summed E-state index contributed by atoms with van der Waals surface area (Å²) in [5.41, 5.74) is 0.328. The molecule has 2 aromatic carbocycles. The van der Waals surface area contributed by atoms with Crippen LogP contribution in [0.4, 0.5) is 4.39 Å². The molecule has 0 radical (unpaired) electrons. The first-order chi connectivity index (χ1) is 9.49. The van der Waals surface area contributed by atoms with Crippen LogP contribution in [0, 0.1) is 5.82 Å². The molecule has 0 bridgehead atoms. The second-order valence-corrected chi connectivity index (χ2v) is 4.08. The molecule has 102 valence electrons. The van der Waals surface area contributed by atoms with Gasteiger partial charge in [0.25, 0.3) is 0 Å². The van der Waals surface area contributed by atoms with Crippen molar-refractivity contribution in [1.82, 2.24) is 0 Å². The Hall–Kier alpha value is -2.82. The van der Waals surface area contributed by atoms with E-state index >= 15 is 0 Å². The fourth-order valence-electron chi connectivity index (χ4n) is 1.64.